The standard InChI is InChI=1S/C18H22N2O/c1-3-18(21)15-12-14-6-4-5-7-16(14)17(13-15)20-10-8-19(2)9-11-20/h4-7,12-13H,3,8-11H2,1-2H3. The van der Waals surface area contributed by atoms with E-state index >= 15 is 0 Å². The summed E-state index contributed by atoms with van der Waals surface area (Å²) >= 11 is 0. The second-order valence-corrected chi connectivity index (χ2v) is 5.78. The number of carbonyl (C=O) groups excluding carboxylic acids is 1. The minimum Gasteiger partial charge on any atom is -0.368 e. The van der Waals surface area contributed by atoms with Crippen LogP contribution in [0.2, 0.25) is 0 Å². The van der Waals surface area contributed by atoms with Crippen molar-refractivity contribution in [1.29, 1.82) is 0 Å². The number of benzene rings is 2. The molecule has 110 valence electrons. The third-order valence-electron chi connectivity index (χ3n) is 4.33. The molecule has 1 aliphatic rings. The maximum absolute atomic E-state index is 12.1. The molecular weight excluding hydrogens is 260 g/mol. The van der Waals surface area contributed by atoms with E-state index in [0.717, 1.165) is 37.1 Å². The van der Waals surface area contributed by atoms with Crippen LogP contribution < -0.4 is 4.90 Å². The fraction of sp³-hybridized carbons (Fsp3) is 0.389. The van der Waals surface area contributed by atoms with Crippen molar-refractivity contribution in [3.05, 3.63) is 42.0 Å². The summed E-state index contributed by atoms with van der Waals surface area (Å²) in [5.74, 6) is 0.219. The Morgan fingerprint density at radius 1 is 1.10 bits per heavy atom. The van der Waals surface area contributed by atoms with E-state index < -0.39 is 0 Å². The van der Waals surface area contributed by atoms with Gasteiger partial charge in [-0.25, -0.2) is 0 Å². The van der Waals surface area contributed by atoms with Crippen LogP contribution in [0.5, 0.6) is 0 Å². The zero-order chi connectivity index (χ0) is 14.8. The number of rotatable bonds is 3. The van der Waals surface area contributed by atoms with Crippen LogP contribution in [-0.2, 0) is 0 Å². The number of piperazine rings is 1. The zero-order valence-electron chi connectivity index (χ0n) is 12.8. The molecule has 3 nitrogen and oxygen atoms in total. The van der Waals surface area contributed by atoms with Gasteiger partial charge in [0.25, 0.3) is 0 Å². The zero-order valence-corrected chi connectivity index (χ0v) is 12.8. The van der Waals surface area contributed by atoms with Gasteiger partial charge in [-0.1, -0.05) is 31.2 Å². The monoisotopic (exact) mass is 282 g/mol. The number of ketones is 1. The van der Waals surface area contributed by atoms with E-state index in [-0.39, 0.29) is 5.78 Å². The van der Waals surface area contributed by atoms with Gasteiger partial charge in [0.15, 0.2) is 5.78 Å². The Bertz CT molecular complexity index is 657. The van der Waals surface area contributed by atoms with Crippen molar-refractivity contribution in [2.45, 2.75) is 13.3 Å². The first kappa shape index (κ1) is 14.1. The van der Waals surface area contributed by atoms with Gasteiger partial charge in [0.1, 0.15) is 0 Å². The van der Waals surface area contributed by atoms with Crippen molar-refractivity contribution >= 4 is 22.2 Å². The first-order valence-electron chi connectivity index (χ1n) is 7.68. The fourth-order valence-corrected chi connectivity index (χ4v) is 2.96. The van der Waals surface area contributed by atoms with E-state index in [1.807, 2.05) is 19.1 Å². The van der Waals surface area contributed by atoms with Crippen LogP contribution in [0.15, 0.2) is 36.4 Å². The summed E-state index contributed by atoms with van der Waals surface area (Å²) in [7, 11) is 2.16. The van der Waals surface area contributed by atoms with Gasteiger partial charge in [0.05, 0.1) is 0 Å². The number of likely N-dealkylation sites (N-methyl/N-ethyl adjacent to an activating group) is 1. The SMILES string of the molecule is CCC(=O)c1cc(N2CCN(C)CC2)c2ccccc2c1. The first-order chi connectivity index (χ1) is 10.2. The van der Waals surface area contributed by atoms with Gasteiger partial charge in [0.2, 0.25) is 0 Å². The Morgan fingerprint density at radius 2 is 1.81 bits per heavy atom. The second-order valence-electron chi connectivity index (χ2n) is 5.78. The van der Waals surface area contributed by atoms with Crippen molar-refractivity contribution in [3.8, 4) is 0 Å². The highest BCUT2D eigenvalue weighted by molar-refractivity contribution is 6.04. The molecule has 0 spiro atoms. The van der Waals surface area contributed by atoms with Gasteiger partial charge in [-0.15, -0.1) is 0 Å². The summed E-state index contributed by atoms with van der Waals surface area (Å²) < 4.78 is 0. The lowest BCUT2D eigenvalue weighted by molar-refractivity contribution is 0.0988. The van der Waals surface area contributed by atoms with Crippen LogP contribution in [0, 0.1) is 0 Å². The Balaban J connectivity index is 2.08. The topological polar surface area (TPSA) is 23.6 Å². The lowest BCUT2D eigenvalue weighted by Gasteiger charge is -2.35. The number of fused-ring (bicyclic) bond motifs is 1. The van der Waals surface area contributed by atoms with Gasteiger partial charge in [-0.3, -0.25) is 4.79 Å². The van der Waals surface area contributed by atoms with Gasteiger partial charge in [0, 0.05) is 49.2 Å². The molecule has 1 saturated heterocycles. The molecule has 3 heteroatoms. The predicted octanol–water partition coefficient (Wildman–Crippen LogP) is 3.18. The highest BCUT2D eigenvalue weighted by Gasteiger charge is 2.18. The van der Waals surface area contributed by atoms with E-state index in [1.54, 1.807) is 0 Å². The van der Waals surface area contributed by atoms with Crippen LogP contribution >= 0.6 is 0 Å². The molecule has 0 N–H and O–H groups in total. The molecule has 0 amide bonds. The van der Waals surface area contributed by atoms with Crippen LogP contribution in [0.4, 0.5) is 5.69 Å². The maximum atomic E-state index is 12.1. The Hall–Kier alpha value is -1.87. The molecule has 2 aromatic rings. The lowest BCUT2D eigenvalue weighted by atomic mass is 10.0. The summed E-state index contributed by atoms with van der Waals surface area (Å²) in [6, 6.07) is 12.5. The molecule has 2 aromatic carbocycles. The Labute approximate surface area is 126 Å². The summed E-state index contributed by atoms with van der Waals surface area (Å²) in [4.78, 5) is 16.9. The van der Waals surface area contributed by atoms with Gasteiger partial charge in [-0.05, 0) is 24.6 Å². The van der Waals surface area contributed by atoms with Crippen molar-refractivity contribution in [2.24, 2.45) is 0 Å². The highest BCUT2D eigenvalue weighted by atomic mass is 16.1. The van der Waals surface area contributed by atoms with Crippen LogP contribution in [-0.4, -0.2) is 43.9 Å². The van der Waals surface area contributed by atoms with Crippen molar-refractivity contribution in [3.63, 3.8) is 0 Å². The summed E-state index contributed by atoms with van der Waals surface area (Å²) in [5.41, 5.74) is 2.04. The van der Waals surface area contributed by atoms with Crippen LogP contribution in [0.3, 0.4) is 0 Å². The molecule has 0 aromatic heterocycles. The minimum atomic E-state index is 0.219. The van der Waals surface area contributed by atoms with E-state index in [1.165, 1.54) is 11.1 Å². The largest absolute Gasteiger partial charge is 0.368 e. The third kappa shape index (κ3) is 2.79. The van der Waals surface area contributed by atoms with E-state index in [0.29, 0.717) is 6.42 Å². The molecule has 0 radical (unpaired) electrons. The number of hydrogen-bond donors (Lipinski definition) is 0. The first-order valence-corrected chi connectivity index (χ1v) is 7.68. The predicted molar refractivity (Wildman–Crippen MR) is 88.3 cm³/mol. The molecule has 21 heavy (non-hydrogen) atoms. The smallest absolute Gasteiger partial charge is 0.162 e. The number of Topliss-reactive ketones (excluding diaryl/α,β-unsaturated/α-hetero) is 1. The Kier molecular flexibility index (Phi) is 3.93. The molecule has 1 fully saturated rings. The van der Waals surface area contributed by atoms with E-state index in [2.05, 4.69) is 41.1 Å². The second kappa shape index (κ2) is 5.86. The average Bonchev–Trinajstić information content (AvgIpc) is 2.54. The van der Waals surface area contributed by atoms with Gasteiger partial charge < -0.3 is 9.80 Å². The molecule has 1 aliphatic heterocycles. The lowest BCUT2D eigenvalue weighted by Crippen LogP contribution is -2.44. The number of hydrogen-bond acceptors (Lipinski definition) is 3. The van der Waals surface area contributed by atoms with Gasteiger partial charge >= 0.3 is 0 Å². The molecular formula is C18H22N2O. The Morgan fingerprint density at radius 3 is 2.52 bits per heavy atom. The van der Waals surface area contributed by atoms with Crippen molar-refractivity contribution < 1.29 is 4.79 Å². The van der Waals surface area contributed by atoms with Gasteiger partial charge in [-0.2, -0.15) is 0 Å². The molecule has 0 unspecified atom stereocenters. The third-order valence-corrected chi connectivity index (χ3v) is 4.33. The number of nitrogens with zero attached hydrogens (tertiary/aromatic N) is 2. The average molecular weight is 282 g/mol. The summed E-state index contributed by atoms with van der Waals surface area (Å²) in [5, 5.41) is 2.40. The number of anilines is 1. The van der Waals surface area contributed by atoms with Crippen molar-refractivity contribution in [2.75, 3.05) is 38.1 Å². The highest BCUT2D eigenvalue weighted by Crippen LogP contribution is 2.30. The van der Waals surface area contributed by atoms with E-state index in [9.17, 15) is 4.79 Å². The summed E-state index contributed by atoms with van der Waals surface area (Å²) in [6.45, 7) is 6.10. The fourth-order valence-electron chi connectivity index (χ4n) is 2.96. The molecule has 1 heterocycles. The molecule has 0 aliphatic carbocycles. The van der Waals surface area contributed by atoms with Crippen LogP contribution in [0.1, 0.15) is 23.7 Å². The van der Waals surface area contributed by atoms with Crippen LogP contribution in [0.25, 0.3) is 10.8 Å². The minimum absolute atomic E-state index is 0.219. The molecule has 0 bridgehead atoms. The summed E-state index contributed by atoms with van der Waals surface area (Å²) in [6.07, 6.45) is 0.556. The molecule has 0 saturated carbocycles. The van der Waals surface area contributed by atoms with E-state index in [4.69, 9.17) is 0 Å². The van der Waals surface area contributed by atoms with Crippen molar-refractivity contribution in [1.82, 2.24) is 4.90 Å². The normalized spacial score (nSPS) is 16.4. The quantitative estimate of drug-likeness (QED) is 0.808. The molecule has 0 atom stereocenters. The maximum Gasteiger partial charge on any atom is 0.162 e. The molecule has 3 rings (SSSR count). The number of carbonyl (C=O) groups is 1.